The van der Waals surface area contributed by atoms with Gasteiger partial charge in [-0.15, -0.1) is 0 Å². The van der Waals surface area contributed by atoms with Crippen LogP contribution in [-0.2, 0) is 0 Å². The summed E-state index contributed by atoms with van der Waals surface area (Å²) in [5.41, 5.74) is -0.219. The SMILES string of the molecule is CN(C(=O)c1ccc(Oc2cccc(Br)c2)nc1)C1(C#N)CCC1. The first kappa shape index (κ1) is 16.5. The van der Waals surface area contributed by atoms with Gasteiger partial charge in [-0.2, -0.15) is 5.26 Å². The molecular formula is C18H16BrN3O2. The Morgan fingerprint density at radius 1 is 1.38 bits per heavy atom. The zero-order valence-electron chi connectivity index (χ0n) is 13.2. The normalized spacial score (nSPS) is 15.0. The van der Waals surface area contributed by atoms with E-state index >= 15 is 0 Å². The molecule has 0 spiro atoms. The lowest BCUT2D eigenvalue weighted by atomic mass is 9.76. The predicted octanol–water partition coefficient (Wildman–Crippen LogP) is 4.15. The average Bonchev–Trinajstić information content (AvgIpc) is 2.54. The van der Waals surface area contributed by atoms with E-state index in [9.17, 15) is 10.1 Å². The van der Waals surface area contributed by atoms with Gasteiger partial charge in [-0.25, -0.2) is 4.98 Å². The monoisotopic (exact) mass is 385 g/mol. The Morgan fingerprint density at radius 2 is 2.17 bits per heavy atom. The van der Waals surface area contributed by atoms with Crippen LogP contribution in [0.25, 0.3) is 0 Å². The topological polar surface area (TPSA) is 66.2 Å². The van der Waals surface area contributed by atoms with Gasteiger partial charge in [-0.05, 0) is 43.5 Å². The number of hydrogen-bond acceptors (Lipinski definition) is 4. The van der Waals surface area contributed by atoms with E-state index < -0.39 is 5.54 Å². The number of ether oxygens (including phenoxy) is 1. The molecule has 0 N–H and O–H groups in total. The number of carbonyl (C=O) groups is 1. The molecule has 0 aliphatic heterocycles. The molecule has 1 aromatic heterocycles. The van der Waals surface area contributed by atoms with Gasteiger partial charge in [-0.1, -0.05) is 22.0 Å². The summed E-state index contributed by atoms with van der Waals surface area (Å²) in [6, 6.07) is 13.0. The standard InChI is InChI=1S/C18H16BrN3O2/c1-22(18(12-20)8-3-9-18)17(23)13-6-7-16(21-11-13)24-15-5-2-4-14(19)10-15/h2,4-7,10-11H,3,8-9H2,1H3. The van der Waals surface area contributed by atoms with Crippen LogP contribution in [0.1, 0.15) is 29.6 Å². The maximum atomic E-state index is 12.5. The average molecular weight is 386 g/mol. The fourth-order valence-electron chi connectivity index (χ4n) is 2.64. The highest BCUT2D eigenvalue weighted by Gasteiger charge is 2.43. The number of nitriles is 1. The van der Waals surface area contributed by atoms with Crippen molar-refractivity contribution >= 4 is 21.8 Å². The van der Waals surface area contributed by atoms with Gasteiger partial charge in [0.25, 0.3) is 5.91 Å². The van der Waals surface area contributed by atoms with E-state index in [0.717, 1.165) is 23.7 Å². The van der Waals surface area contributed by atoms with Crippen molar-refractivity contribution in [2.75, 3.05) is 7.05 Å². The van der Waals surface area contributed by atoms with Crippen LogP contribution in [0, 0.1) is 11.3 Å². The molecule has 0 radical (unpaired) electrons. The van der Waals surface area contributed by atoms with E-state index in [4.69, 9.17) is 4.74 Å². The van der Waals surface area contributed by atoms with Crippen LogP contribution in [0.3, 0.4) is 0 Å². The molecule has 1 saturated carbocycles. The molecule has 0 bridgehead atoms. The number of halogens is 1. The lowest BCUT2D eigenvalue weighted by Crippen LogP contribution is -2.53. The van der Waals surface area contributed by atoms with E-state index in [1.807, 2.05) is 24.3 Å². The molecule has 1 aliphatic carbocycles. The highest BCUT2D eigenvalue weighted by Crippen LogP contribution is 2.37. The van der Waals surface area contributed by atoms with Gasteiger partial charge in [0.2, 0.25) is 5.88 Å². The molecule has 0 atom stereocenters. The van der Waals surface area contributed by atoms with Crippen molar-refractivity contribution in [3.05, 3.63) is 52.6 Å². The van der Waals surface area contributed by atoms with Crippen LogP contribution in [0.15, 0.2) is 47.1 Å². The summed E-state index contributed by atoms with van der Waals surface area (Å²) in [6.45, 7) is 0. The third kappa shape index (κ3) is 3.13. The molecule has 1 amide bonds. The van der Waals surface area contributed by atoms with Crippen molar-refractivity contribution in [3.63, 3.8) is 0 Å². The molecule has 24 heavy (non-hydrogen) atoms. The minimum atomic E-state index is -0.664. The minimum Gasteiger partial charge on any atom is -0.439 e. The third-order valence-electron chi connectivity index (χ3n) is 4.34. The maximum Gasteiger partial charge on any atom is 0.256 e. The number of aromatic nitrogens is 1. The highest BCUT2D eigenvalue weighted by atomic mass is 79.9. The first-order valence-corrected chi connectivity index (χ1v) is 8.42. The van der Waals surface area contributed by atoms with Crippen LogP contribution in [-0.4, -0.2) is 28.4 Å². The van der Waals surface area contributed by atoms with Gasteiger partial charge >= 0.3 is 0 Å². The van der Waals surface area contributed by atoms with Gasteiger partial charge in [0, 0.05) is 23.8 Å². The smallest absolute Gasteiger partial charge is 0.256 e. The number of nitrogens with zero attached hydrogens (tertiary/aromatic N) is 3. The molecule has 122 valence electrons. The summed E-state index contributed by atoms with van der Waals surface area (Å²) in [7, 11) is 1.68. The molecule has 1 aliphatic rings. The Labute approximate surface area is 149 Å². The molecule has 0 saturated heterocycles. The second kappa shape index (κ2) is 6.62. The lowest BCUT2D eigenvalue weighted by Gasteiger charge is -2.42. The first-order valence-electron chi connectivity index (χ1n) is 7.63. The summed E-state index contributed by atoms with van der Waals surface area (Å²) in [5, 5.41) is 9.35. The van der Waals surface area contributed by atoms with E-state index in [2.05, 4.69) is 27.0 Å². The summed E-state index contributed by atoms with van der Waals surface area (Å²) in [6.07, 6.45) is 3.91. The second-order valence-corrected chi connectivity index (χ2v) is 6.72. The fraction of sp³-hybridized carbons (Fsp3) is 0.278. The Balaban J connectivity index is 1.72. The first-order chi connectivity index (χ1) is 11.5. The number of hydrogen-bond donors (Lipinski definition) is 0. The molecule has 5 nitrogen and oxygen atoms in total. The van der Waals surface area contributed by atoms with Gasteiger partial charge in [-0.3, -0.25) is 4.79 Å². The van der Waals surface area contributed by atoms with Crippen molar-refractivity contribution < 1.29 is 9.53 Å². The summed E-state index contributed by atoms with van der Waals surface area (Å²) in [5.74, 6) is 0.870. The van der Waals surface area contributed by atoms with Crippen LogP contribution in [0.2, 0.25) is 0 Å². The number of amides is 1. The third-order valence-corrected chi connectivity index (χ3v) is 4.83. The van der Waals surface area contributed by atoms with Crippen molar-refractivity contribution in [2.24, 2.45) is 0 Å². The Morgan fingerprint density at radius 3 is 2.71 bits per heavy atom. The number of carbonyl (C=O) groups excluding carboxylic acids is 1. The van der Waals surface area contributed by atoms with E-state index in [1.54, 1.807) is 19.2 Å². The van der Waals surface area contributed by atoms with Crippen molar-refractivity contribution in [3.8, 4) is 17.7 Å². The molecule has 0 unspecified atom stereocenters. The fourth-order valence-corrected chi connectivity index (χ4v) is 3.02. The molecular weight excluding hydrogens is 370 g/mol. The number of benzene rings is 1. The zero-order chi connectivity index (χ0) is 17.2. The molecule has 2 aromatic rings. The molecule has 6 heteroatoms. The van der Waals surface area contributed by atoms with Gasteiger partial charge in [0.1, 0.15) is 11.3 Å². The van der Waals surface area contributed by atoms with E-state index in [0.29, 0.717) is 17.2 Å². The summed E-state index contributed by atoms with van der Waals surface area (Å²) >= 11 is 3.38. The lowest BCUT2D eigenvalue weighted by molar-refractivity contribution is 0.0497. The van der Waals surface area contributed by atoms with Crippen molar-refractivity contribution in [1.82, 2.24) is 9.88 Å². The molecule has 1 aromatic carbocycles. The van der Waals surface area contributed by atoms with E-state index in [-0.39, 0.29) is 5.91 Å². The summed E-state index contributed by atoms with van der Waals surface area (Å²) in [4.78, 5) is 18.3. The second-order valence-electron chi connectivity index (χ2n) is 5.81. The molecule has 1 fully saturated rings. The Hall–Kier alpha value is -2.39. The van der Waals surface area contributed by atoms with Crippen LogP contribution < -0.4 is 4.74 Å². The summed E-state index contributed by atoms with van der Waals surface area (Å²) < 4.78 is 6.57. The van der Waals surface area contributed by atoms with Gasteiger partial charge < -0.3 is 9.64 Å². The van der Waals surface area contributed by atoms with Gasteiger partial charge in [0.15, 0.2) is 0 Å². The quantitative estimate of drug-likeness (QED) is 0.792. The molecule has 3 rings (SSSR count). The largest absolute Gasteiger partial charge is 0.439 e. The Kier molecular flexibility index (Phi) is 4.54. The van der Waals surface area contributed by atoms with Crippen molar-refractivity contribution in [1.29, 1.82) is 5.26 Å². The minimum absolute atomic E-state index is 0.197. The number of rotatable bonds is 4. The zero-order valence-corrected chi connectivity index (χ0v) is 14.8. The maximum absolute atomic E-state index is 12.5. The van der Waals surface area contributed by atoms with E-state index in [1.165, 1.54) is 11.1 Å². The van der Waals surface area contributed by atoms with Gasteiger partial charge in [0.05, 0.1) is 11.6 Å². The molecule has 1 heterocycles. The van der Waals surface area contributed by atoms with Crippen LogP contribution in [0.4, 0.5) is 0 Å². The van der Waals surface area contributed by atoms with Crippen LogP contribution in [0.5, 0.6) is 11.6 Å². The predicted molar refractivity (Wildman–Crippen MR) is 92.7 cm³/mol. The van der Waals surface area contributed by atoms with Crippen LogP contribution >= 0.6 is 15.9 Å². The highest BCUT2D eigenvalue weighted by molar-refractivity contribution is 9.10. The Bertz CT molecular complexity index is 795. The number of pyridine rings is 1. The van der Waals surface area contributed by atoms with Crippen molar-refractivity contribution in [2.45, 2.75) is 24.8 Å².